The van der Waals surface area contributed by atoms with Crippen LogP contribution in [0.25, 0.3) is 11.3 Å². The van der Waals surface area contributed by atoms with Crippen LogP contribution in [0.5, 0.6) is 5.75 Å². The lowest BCUT2D eigenvalue weighted by atomic mass is 10.1. The number of ether oxygens (including phenoxy) is 1. The second-order valence-electron chi connectivity index (χ2n) is 6.33. The summed E-state index contributed by atoms with van der Waals surface area (Å²) in [6.07, 6.45) is 4.30. The van der Waals surface area contributed by atoms with Crippen LogP contribution in [0.15, 0.2) is 41.2 Å². The van der Waals surface area contributed by atoms with Gasteiger partial charge in [-0.2, -0.15) is 5.10 Å². The number of aryl methyl sites for hydroxylation is 1. The Bertz CT molecular complexity index is 937. The van der Waals surface area contributed by atoms with E-state index in [9.17, 15) is 9.18 Å². The lowest BCUT2D eigenvalue weighted by Gasteiger charge is -2.11. The van der Waals surface area contributed by atoms with Gasteiger partial charge in [-0.15, -0.1) is 0 Å². The molecule has 0 unspecified atom stereocenters. The van der Waals surface area contributed by atoms with E-state index in [0.717, 1.165) is 6.42 Å². The van der Waals surface area contributed by atoms with E-state index in [1.807, 2.05) is 12.3 Å². The second-order valence-corrected chi connectivity index (χ2v) is 6.33. The molecule has 0 atom stereocenters. The zero-order valence-electron chi connectivity index (χ0n) is 16.0. The van der Waals surface area contributed by atoms with Gasteiger partial charge in [0.25, 0.3) is 5.91 Å². The van der Waals surface area contributed by atoms with Crippen LogP contribution in [0.4, 0.5) is 10.2 Å². The van der Waals surface area contributed by atoms with Crippen molar-refractivity contribution in [2.45, 2.75) is 13.0 Å². The van der Waals surface area contributed by atoms with Crippen molar-refractivity contribution in [2.24, 2.45) is 0 Å². The highest BCUT2D eigenvalue weighted by atomic mass is 19.1. The molecule has 0 aliphatic heterocycles. The maximum absolute atomic E-state index is 13.7. The molecule has 2 aromatic heterocycles. The van der Waals surface area contributed by atoms with Gasteiger partial charge in [-0.25, -0.2) is 4.39 Å². The summed E-state index contributed by atoms with van der Waals surface area (Å²) in [5.41, 5.74) is 0.790. The lowest BCUT2D eigenvalue weighted by Crippen LogP contribution is -2.27. The minimum absolute atomic E-state index is 0.0610. The van der Waals surface area contributed by atoms with Crippen LogP contribution in [0.1, 0.15) is 16.8 Å². The first kappa shape index (κ1) is 19.4. The molecule has 1 N–H and O–H groups in total. The van der Waals surface area contributed by atoms with Gasteiger partial charge in [0.2, 0.25) is 0 Å². The Morgan fingerprint density at radius 1 is 1.39 bits per heavy atom. The fraction of sp³-hybridized carbons (Fsp3) is 0.316. The third kappa shape index (κ3) is 4.13. The third-order valence-electron chi connectivity index (χ3n) is 4.15. The topological polar surface area (TPSA) is 85.4 Å². The van der Waals surface area contributed by atoms with Crippen molar-refractivity contribution < 1.29 is 18.4 Å². The number of benzene rings is 1. The molecule has 0 spiro atoms. The summed E-state index contributed by atoms with van der Waals surface area (Å²) in [5.74, 6) is -0.104. The summed E-state index contributed by atoms with van der Waals surface area (Å²) in [7, 11) is 4.91. The van der Waals surface area contributed by atoms with Gasteiger partial charge in [0.1, 0.15) is 5.56 Å². The molecular weight excluding hydrogens is 365 g/mol. The molecule has 3 aromatic rings. The molecule has 3 rings (SSSR count). The second kappa shape index (κ2) is 8.55. The number of hydrogen-bond acceptors (Lipinski definition) is 6. The highest BCUT2D eigenvalue weighted by Gasteiger charge is 2.26. The zero-order chi connectivity index (χ0) is 20.1. The van der Waals surface area contributed by atoms with Crippen molar-refractivity contribution >= 4 is 11.7 Å². The van der Waals surface area contributed by atoms with E-state index in [-0.39, 0.29) is 23.0 Å². The summed E-state index contributed by atoms with van der Waals surface area (Å²) in [6, 6.07) is 6.11. The van der Waals surface area contributed by atoms with E-state index in [4.69, 9.17) is 9.26 Å². The molecule has 0 saturated heterocycles. The van der Waals surface area contributed by atoms with E-state index in [1.165, 1.54) is 25.3 Å². The minimum atomic E-state index is -0.497. The Balaban J connectivity index is 1.80. The molecule has 1 amide bonds. The van der Waals surface area contributed by atoms with Crippen LogP contribution < -0.4 is 15.0 Å². The molecule has 0 aliphatic carbocycles. The van der Waals surface area contributed by atoms with Crippen molar-refractivity contribution in [3.8, 4) is 17.1 Å². The van der Waals surface area contributed by atoms with Gasteiger partial charge in [-0.05, 0) is 30.7 Å². The standard InChI is InChI=1S/C19H22FN5O3/c1-24(2)18-16(19(26)21-8-4-10-25-11-5-9-22-25)17(28-23-18)13-6-7-14(20)15(12-13)27-3/h5-7,9,11-12H,4,8,10H2,1-3H3,(H,21,26). The number of carbonyl (C=O) groups excluding carboxylic acids is 1. The molecule has 28 heavy (non-hydrogen) atoms. The van der Waals surface area contributed by atoms with Gasteiger partial charge in [0.05, 0.1) is 7.11 Å². The molecule has 0 aliphatic rings. The molecule has 9 heteroatoms. The Kier molecular flexibility index (Phi) is 5.93. The van der Waals surface area contributed by atoms with E-state index in [0.29, 0.717) is 24.5 Å². The van der Waals surface area contributed by atoms with Crippen LogP contribution >= 0.6 is 0 Å². The van der Waals surface area contributed by atoms with Crippen LogP contribution in [0.2, 0.25) is 0 Å². The van der Waals surface area contributed by atoms with Gasteiger partial charge in [0, 0.05) is 45.1 Å². The molecule has 8 nitrogen and oxygen atoms in total. The molecule has 0 bridgehead atoms. The maximum atomic E-state index is 13.7. The fourth-order valence-electron chi connectivity index (χ4n) is 2.75. The summed E-state index contributed by atoms with van der Waals surface area (Å²) in [4.78, 5) is 14.5. The predicted octanol–water partition coefficient (Wildman–Crippen LogP) is 2.57. The number of rotatable bonds is 8. The summed E-state index contributed by atoms with van der Waals surface area (Å²) in [6.45, 7) is 1.16. The van der Waals surface area contributed by atoms with Gasteiger partial charge < -0.3 is 19.5 Å². The lowest BCUT2D eigenvalue weighted by molar-refractivity contribution is 0.0953. The van der Waals surface area contributed by atoms with E-state index in [1.54, 1.807) is 29.9 Å². The van der Waals surface area contributed by atoms with Crippen molar-refractivity contribution in [2.75, 3.05) is 32.6 Å². The first-order chi connectivity index (χ1) is 13.5. The highest BCUT2D eigenvalue weighted by molar-refractivity contribution is 6.04. The maximum Gasteiger partial charge on any atom is 0.259 e. The van der Waals surface area contributed by atoms with Crippen LogP contribution in [0.3, 0.4) is 0 Å². The molecule has 148 valence electrons. The molecule has 0 radical (unpaired) electrons. The van der Waals surface area contributed by atoms with Crippen LogP contribution in [-0.4, -0.2) is 48.6 Å². The monoisotopic (exact) mass is 387 g/mol. The first-order valence-corrected chi connectivity index (χ1v) is 8.77. The smallest absolute Gasteiger partial charge is 0.259 e. The minimum Gasteiger partial charge on any atom is -0.494 e. The summed E-state index contributed by atoms with van der Waals surface area (Å²) in [5, 5.41) is 11.0. The Morgan fingerprint density at radius 3 is 2.89 bits per heavy atom. The number of carbonyl (C=O) groups is 1. The van der Waals surface area contributed by atoms with Crippen molar-refractivity contribution in [3.05, 3.63) is 48.0 Å². The highest BCUT2D eigenvalue weighted by Crippen LogP contribution is 2.33. The Morgan fingerprint density at radius 2 is 2.21 bits per heavy atom. The van der Waals surface area contributed by atoms with Gasteiger partial charge >= 0.3 is 0 Å². The van der Waals surface area contributed by atoms with Crippen molar-refractivity contribution in [1.29, 1.82) is 0 Å². The number of hydrogen-bond donors (Lipinski definition) is 1. The van der Waals surface area contributed by atoms with Crippen LogP contribution in [0, 0.1) is 5.82 Å². The number of nitrogens with one attached hydrogen (secondary N) is 1. The number of methoxy groups -OCH3 is 1. The third-order valence-corrected chi connectivity index (χ3v) is 4.15. The molecule has 2 heterocycles. The van der Waals surface area contributed by atoms with Crippen molar-refractivity contribution in [1.82, 2.24) is 20.3 Å². The normalized spacial score (nSPS) is 10.7. The first-order valence-electron chi connectivity index (χ1n) is 8.77. The quantitative estimate of drug-likeness (QED) is 0.598. The number of aromatic nitrogens is 3. The Labute approximate surface area is 161 Å². The SMILES string of the molecule is COc1cc(-c2onc(N(C)C)c2C(=O)NCCCn2cccn2)ccc1F. The van der Waals surface area contributed by atoms with Gasteiger partial charge in [-0.1, -0.05) is 5.16 Å². The Hall–Kier alpha value is -3.36. The van der Waals surface area contributed by atoms with E-state index >= 15 is 0 Å². The van der Waals surface area contributed by atoms with Gasteiger partial charge in [0.15, 0.2) is 23.1 Å². The number of amides is 1. The molecule has 1 aromatic carbocycles. The summed E-state index contributed by atoms with van der Waals surface area (Å²) >= 11 is 0. The molecule has 0 saturated carbocycles. The molecule has 0 fully saturated rings. The number of halogens is 1. The van der Waals surface area contributed by atoms with E-state index in [2.05, 4.69) is 15.6 Å². The zero-order valence-corrected chi connectivity index (χ0v) is 16.0. The average Bonchev–Trinajstić information content (AvgIpc) is 3.35. The van der Waals surface area contributed by atoms with Gasteiger partial charge in [-0.3, -0.25) is 9.48 Å². The van der Waals surface area contributed by atoms with Crippen LogP contribution in [-0.2, 0) is 6.54 Å². The average molecular weight is 387 g/mol. The number of nitrogens with zero attached hydrogens (tertiary/aromatic N) is 4. The molecular formula is C19H22FN5O3. The predicted molar refractivity (Wildman–Crippen MR) is 102 cm³/mol. The van der Waals surface area contributed by atoms with Crippen molar-refractivity contribution in [3.63, 3.8) is 0 Å². The van der Waals surface area contributed by atoms with E-state index < -0.39 is 5.82 Å². The number of anilines is 1. The fourth-order valence-corrected chi connectivity index (χ4v) is 2.75. The largest absolute Gasteiger partial charge is 0.494 e. The summed E-state index contributed by atoms with van der Waals surface area (Å²) < 4.78 is 26.0.